The van der Waals surface area contributed by atoms with Crippen molar-refractivity contribution in [2.24, 2.45) is 5.92 Å². The number of anilines is 1. The maximum atomic E-state index is 12.3. The Labute approximate surface area is 129 Å². The van der Waals surface area contributed by atoms with Gasteiger partial charge in [0.15, 0.2) is 5.78 Å². The van der Waals surface area contributed by atoms with Crippen molar-refractivity contribution >= 4 is 11.6 Å². The lowest BCUT2D eigenvalue weighted by Gasteiger charge is -2.12. The molecule has 0 saturated heterocycles. The van der Waals surface area contributed by atoms with Crippen LogP contribution in [-0.2, 0) is 0 Å². The van der Waals surface area contributed by atoms with E-state index in [1.165, 1.54) is 32.1 Å². The summed E-state index contributed by atoms with van der Waals surface area (Å²) in [5.41, 5.74) is 0.734. The lowest BCUT2D eigenvalue weighted by atomic mass is 9.97. The molecular formula is C18H30N2O. The summed E-state index contributed by atoms with van der Waals surface area (Å²) in [6.45, 7) is 7.15. The van der Waals surface area contributed by atoms with Crippen LogP contribution in [0.3, 0.4) is 0 Å². The average Bonchev–Trinajstić information content (AvgIpc) is 2.53. The first-order valence-corrected chi connectivity index (χ1v) is 8.43. The Balaban J connectivity index is 2.43. The average molecular weight is 290 g/mol. The van der Waals surface area contributed by atoms with Crippen molar-refractivity contribution in [3.05, 3.63) is 23.9 Å². The van der Waals surface area contributed by atoms with E-state index in [4.69, 9.17) is 0 Å². The minimum atomic E-state index is 0.0591. The van der Waals surface area contributed by atoms with Crippen LogP contribution in [0, 0.1) is 5.92 Å². The molecule has 1 N–H and O–H groups in total. The van der Waals surface area contributed by atoms with Crippen LogP contribution in [0.25, 0.3) is 0 Å². The van der Waals surface area contributed by atoms with Gasteiger partial charge in [-0.15, -0.1) is 0 Å². The summed E-state index contributed by atoms with van der Waals surface area (Å²) in [5, 5.41) is 3.33. The van der Waals surface area contributed by atoms with Crippen molar-refractivity contribution < 1.29 is 4.79 Å². The topological polar surface area (TPSA) is 42.0 Å². The van der Waals surface area contributed by atoms with E-state index in [0.29, 0.717) is 0 Å². The van der Waals surface area contributed by atoms with Crippen LogP contribution in [0.4, 0.5) is 5.82 Å². The number of hydrogen-bond donors (Lipinski definition) is 1. The number of nitrogens with zero attached hydrogens (tertiary/aromatic N) is 1. The fourth-order valence-electron chi connectivity index (χ4n) is 2.31. The summed E-state index contributed by atoms with van der Waals surface area (Å²) in [7, 11) is 0. The van der Waals surface area contributed by atoms with Crippen LogP contribution in [-0.4, -0.2) is 17.3 Å². The highest BCUT2D eigenvalue weighted by molar-refractivity contribution is 6.01. The first-order valence-electron chi connectivity index (χ1n) is 8.43. The summed E-state index contributed by atoms with van der Waals surface area (Å²) in [5.74, 6) is 0.996. The predicted molar refractivity (Wildman–Crippen MR) is 89.9 cm³/mol. The number of Topliss-reactive ketones (excluding diaryl/α,β-unsaturated/α-hetero) is 1. The van der Waals surface area contributed by atoms with E-state index in [9.17, 15) is 4.79 Å². The predicted octanol–water partition coefficient (Wildman–Crippen LogP) is 5.08. The van der Waals surface area contributed by atoms with E-state index in [1.54, 1.807) is 6.20 Å². The Morgan fingerprint density at radius 3 is 2.62 bits per heavy atom. The maximum absolute atomic E-state index is 12.3. The number of nitrogens with one attached hydrogen (secondary N) is 1. The number of carbonyl (C=O) groups excluding carboxylic acids is 1. The van der Waals surface area contributed by atoms with Crippen LogP contribution in [0.1, 0.15) is 76.1 Å². The van der Waals surface area contributed by atoms with Crippen molar-refractivity contribution in [3.63, 3.8) is 0 Å². The van der Waals surface area contributed by atoms with Crippen molar-refractivity contribution in [3.8, 4) is 0 Å². The highest BCUT2D eigenvalue weighted by Gasteiger charge is 2.17. The van der Waals surface area contributed by atoms with E-state index in [-0.39, 0.29) is 11.7 Å². The first-order chi connectivity index (χ1) is 10.2. The molecule has 0 aromatic carbocycles. The van der Waals surface area contributed by atoms with Crippen LogP contribution in [0.5, 0.6) is 0 Å². The van der Waals surface area contributed by atoms with Gasteiger partial charge in [0.1, 0.15) is 5.82 Å². The van der Waals surface area contributed by atoms with Crippen LogP contribution >= 0.6 is 0 Å². The molecule has 0 saturated carbocycles. The van der Waals surface area contributed by atoms with Gasteiger partial charge in [-0.1, -0.05) is 52.9 Å². The van der Waals surface area contributed by atoms with Crippen molar-refractivity contribution in [1.82, 2.24) is 4.98 Å². The smallest absolute Gasteiger partial charge is 0.169 e. The lowest BCUT2D eigenvalue weighted by molar-refractivity contribution is 0.0928. The molecule has 1 rings (SSSR count). The Bertz CT molecular complexity index is 417. The summed E-state index contributed by atoms with van der Waals surface area (Å²) >= 11 is 0. The van der Waals surface area contributed by atoms with Gasteiger partial charge >= 0.3 is 0 Å². The van der Waals surface area contributed by atoms with Gasteiger partial charge in [0, 0.05) is 18.7 Å². The number of carbonyl (C=O) groups is 1. The molecule has 1 heterocycles. The summed E-state index contributed by atoms with van der Waals surface area (Å²) in [6, 6.07) is 3.72. The van der Waals surface area contributed by atoms with Crippen molar-refractivity contribution in [2.75, 3.05) is 11.9 Å². The molecular weight excluding hydrogens is 260 g/mol. The monoisotopic (exact) mass is 290 g/mol. The molecule has 21 heavy (non-hydrogen) atoms. The molecule has 0 amide bonds. The van der Waals surface area contributed by atoms with Gasteiger partial charge in [-0.3, -0.25) is 4.79 Å². The zero-order valence-electron chi connectivity index (χ0n) is 13.8. The molecule has 0 fully saturated rings. The Kier molecular flexibility index (Phi) is 8.72. The Hall–Kier alpha value is -1.38. The van der Waals surface area contributed by atoms with Gasteiger partial charge in [-0.25, -0.2) is 4.98 Å². The van der Waals surface area contributed by atoms with E-state index in [1.807, 2.05) is 26.0 Å². The molecule has 0 aliphatic heterocycles. The van der Waals surface area contributed by atoms with Gasteiger partial charge in [0.25, 0.3) is 0 Å². The third-order valence-corrected chi connectivity index (χ3v) is 3.96. The standard InChI is InChI=1S/C18H30N2O/c1-4-6-7-8-9-10-13-19-18-16(12-11-14-20-18)17(21)15(3)5-2/h11-12,14-15H,4-10,13H2,1-3H3,(H,19,20). The maximum Gasteiger partial charge on any atom is 0.169 e. The zero-order chi connectivity index (χ0) is 15.5. The third kappa shape index (κ3) is 6.28. The highest BCUT2D eigenvalue weighted by atomic mass is 16.1. The molecule has 1 aromatic heterocycles. The van der Waals surface area contributed by atoms with Gasteiger partial charge < -0.3 is 5.32 Å². The van der Waals surface area contributed by atoms with Crippen molar-refractivity contribution in [2.45, 2.75) is 65.7 Å². The van der Waals surface area contributed by atoms with Crippen LogP contribution in [0.15, 0.2) is 18.3 Å². The molecule has 118 valence electrons. The molecule has 3 nitrogen and oxygen atoms in total. The molecule has 0 spiro atoms. The summed E-state index contributed by atoms with van der Waals surface area (Å²) < 4.78 is 0. The van der Waals surface area contributed by atoms with E-state index >= 15 is 0 Å². The van der Waals surface area contributed by atoms with Crippen molar-refractivity contribution in [1.29, 1.82) is 0 Å². The zero-order valence-corrected chi connectivity index (χ0v) is 13.8. The second-order valence-electron chi connectivity index (χ2n) is 5.77. The normalized spacial score (nSPS) is 12.1. The highest BCUT2D eigenvalue weighted by Crippen LogP contribution is 2.18. The molecule has 1 unspecified atom stereocenters. The second kappa shape index (κ2) is 10.4. The second-order valence-corrected chi connectivity index (χ2v) is 5.77. The Morgan fingerprint density at radius 2 is 1.90 bits per heavy atom. The van der Waals surface area contributed by atoms with E-state index < -0.39 is 0 Å². The molecule has 1 aromatic rings. The number of unbranched alkanes of at least 4 members (excludes halogenated alkanes) is 5. The fraction of sp³-hybridized carbons (Fsp3) is 0.667. The van der Waals surface area contributed by atoms with Gasteiger partial charge in [0.05, 0.1) is 5.56 Å². The number of ketones is 1. The van der Waals surface area contributed by atoms with Gasteiger partial charge in [-0.05, 0) is 25.0 Å². The molecule has 0 bridgehead atoms. The number of pyridine rings is 1. The summed E-state index contributed by atoms with van der Waals surface area (Å²) in [4.78, 5) is 16.7. The minimum absolute atomic E-state index is 0.0591. The molecule has 1 atom stereocenters. The molecule has 0 aliphatic carbocycles. The minimum Gasteiger partial charge on any atom is -0.369 e. The molecule has 0 aliphatic rings. The number of hydrogen-bond acceptors (Lipinski definition) is 3. The third-order valence-electron chi connectivity index (χ3n) is 3.96. The number of rotatable bonds is 11. The Morgan fingerprint density at radius 1 is 1.19 bits per heavy atom. The molecule has 0 radical (unpaired) electrons. The van der Waals surface area contributed by atoms with Crippen LogP contribution in [0.2, 0.25) is 0 Å². The lowest BCUT2D eigenvalue weighted by Crippen LogP contribution is -2.15. The van der Waals surface area contributed by atoms with Crippen LogP contribution < -0.4 is 5.32 Å². The van der Waals surface area contributed by atoms with E-state index in [2.05, 4.69) is 17.2 Å². The molecule has 3 heteroatoms. The first kappa shape index (κ1) is 17.7. The van der Waals surface area contributed by atoms with Gasteiger partial charge in [-0.2, -0.15) is 0 Å². The summed E-state index contributed by atoms with van der Waals surface area (Å²) in [6.07, 6.45) is 10.2. The largest absolute Gasteiger partial charge is 0.369 e. The number of aromatic nitrogens is 1. The SMILES string of the molecule is CCCCCCCCNc1ncccc1C(=O)C(C)CC. The van der Waals surface area contributed by atoms with E-state index in [0.717, 1.165) is 30.8 Å². The fourth-order valence-corrected chi connectivity index (χ4v) is 2.31. The quantitative estimate of drug-likeness (QED) is 0.456. The van der Waals surface area contributed by atoms with Gasteiger partial charge in [0.2, 0.25) is 0 Å².